The van der Waals surface area contributed by atoms with Crippen molar-refractivity contribution in [2.45, 2.75) is 23.5 Å². The van der Waals surface area contributed by atoms with E-state index in [1.807, 2.05) is 30.5 Å². The number of rotatable bonds is 4. The molecule has 0 amide bonds. The predicted octanol–water partition coefficient (Wildman–Crippen LogP) is 4.67. The van der Waals surface area contributed by atoms with Gasteiger partial charge in [-0.3, -0.25) is 0 Å². The first-order valence-corrected chi connectivity index (χ1v) is 7.68. The summed E-state index contributed by atoms with van der Waals surface area (Å²) in [5.41, 5.74) is 6.97. The van der Waals surface area contributed by atoms with E-state index in [-0.39, 0.29) is 6.04 Å². The summed E-state index contributed by atoms with van der Waals surface area (Å²) in [5.74, 6) is 0. The molecule has 0 aromatic heterocycles. The average Bonchev–Trinajstić information content (AvgIpc) is 2.47. The Morgan fingerprint density at radius 1 is 1.10 bits per heavy atom. The van der Waals surface area contributed by atoms with E-state index in [1.165, 1.54) is 6.07 Å². The smallest absolute Gasteiger partial charge is 0.324 e. The highest BCUT2D eigenvalue weighted by molar-refractivity contribution is 7.98. The summed E-state index contributed by atoms with van der Waals surface area (Å²) >= 11 is 1.63. The van der Waals surface area contributed by atoms with Gasteiger partial charge < -0.3 is 5.73 Å². The molecule has 1 nitrogen and oxygen atoms in total. The summed E-state index contributed by atoms with van der Waals surface area (Å²) in [4.78, 5) is 1.13. The van der Waals surface area contributed by atoms with Crippen LogP contribution in [0.3, 0.4) is 0 Å². The Balaban J connectivity index is 2.13. The maximum absolute atomic E-state index is 12.7. The monoisotopic (exact) mass is 311 g/mol. The molecule has 0 aliphatic rings. The Morgan fingerprint density at radius 2 is 1.76 bits per heavy atom. The van der Waals surface area contributed by atoms with E-state index in [9.17, 15) is 13.2 Å². The van der Waals surface area contributed by atoms with Crippen LogP contribution >= 0.6 is 11.8 Å². The molecule has 0 aliphatic heterocycles. The van der Waals surface area contributed by atoms with Crippen LogP contribution in [0, 0.1) is 0 Å². The van der Waals surface area contributed by atoms with Gasteiger partial charge in [-0.25, -0.2) is 0 Å². The number of halogens is 3. The van der Waals surface area contributed by atoms with Gasteiger partial charge in [0.25, 0.3) is 0 Å². The molecule has 2 rings (SSSR count). The van der Waals surface area contributed by atoms with E-state index < -0.39 is 11.7 Å². The summed E-state index contributed by atoms with van der Waals surface area (Å²) in [7, 11) is 0. The molecule has 2 N–H and O–H groups in total. The van der Waals surface area contributed by atoms with Crippen molar-refractivity contribution in [3.63, 3.8) is 0 Å². The quantitative estimate of drug-likeness (QED) is 0.830. The van der Waals surface area contributed by atoms with Crippen molar-refractivity contribution in [2.24, 2.45) is 5.73 Å². The second-order valence-electron chi connectivity index (χ2n) is 4.78. The topological polar surface area (TPSA) is 26.0 Å². The van der Waals surface area contributed by atoms with Crippen LogP contribution in [0.15, 0.2) is 53.4 Å². The maximum atomic E-state index is 12.7. The summed E-state index contributed by atoms with van der Waals surface area (Å²) in [5, 5.41) is 0. The van der Waals surface area contributed by atoms with Crippen LogP contribution < -0.4 is 5.73 Å². The van der Waals surface area contributed by atoms with Crippen LogP contribution in [0.5, 0.6) is 0 Å². The van der Waals surface area contributed by atoms with Gasteiger partial charge in [-0.1, -0.05) is 30.3 Å². The fourth-order valence-corrected chi connectivity index (χ4v) is 2.51. The molecule has 21 heavy (non-hydrogen) atoms. The zero-order valence-corrected chi connectivity index (χ0v) is 12.3. The number of thioether (sulfide) groups is 1. The third kappa shape index (κ3) is 4.25. The summed E-state index contributed by atoms with van der Waals surface area (Å²) in [6.07, 6.45) is -1.96. The first kappa shape index (κ1) is 15.9. The van der Waals surface area contributed by atoms with Gasteiger partial charge in [-0.15, -0.1) is 11.8 Å². The highest BCUT2D eigenvalue weighted by Gasteiger charge is 2.30. The molecule has 0 spiro atoms. The van der Waals surface area contributed by atoms with Crippen molar-refractivity contribution in [1.29, 1.82) is 0 Å². The first-order valence-electron chi connectivity index (χ1n) is 6.46. The van der Waals surface area contributed by atoms with Gasteiger partial charge >= 0.3 is 6.18 Å². The number of nitrogens with two attached hydrogens (primary N) is 1. The predicted molar refractivity (Wildman–Crippen MR) is 80.3 cm³/mol. The summed E-state index contributed by atoms with van der Waals surface area (Å²) in [6, 6.07) is 12.8. The Hall–Kier alpha value is -1.46. The Labute approximate surface area is 126 Å². The highest BCUT2D eigenvalue weighted by atomic mass is 32.2. The van der Waals surface area contributed by atoms with Crippen molar-refractivity contribution < 1.29 is 13.2 Å². The fourth-order valence-electron chi connectivity index (χ4n) is 2.10. The molecular formula is C16H16F3NS. The van der Waals surface area contributed by atoms with Gasteiger partial charge in [0.1, 0.15) is 0 Å². The molecule has 0 fully saturated rings. The lowest BCUT2D eigenvalue weighted by Gasteiger charge is -2.14. The molecule has 0 saturated heterocycles. The Morgan fingerprint density at radius 3 is 2.33 bits per heavy atom. The van der Waals surface area contributed by atoms with Crippen LogP contribution in [0.25, 0.3) is 0 Å². The molecular weight excluding hydrogens is 295 g/mol. The second-order valence-corrected chi connectivity index (χ2v) is 5.66. The highest BCUT2D eigenvalue weighted by Crippen LogP contribution is 2.30. The Kier molecular flexibility index (Phi) is 4.96. The average molecular weight is 311 g/mol. The van der Waals surface area contributed by atoms with Gasteiger partial charge in [0.15, 0.2) is 0 Å². The minimum Gasteiger partial charge on any atom is -0.324 e. The summed E-state index contributed by atoms with van der Waals surface area (Å²) < 4.78 is 38.0. The van der Waals surface area contributed by atoms with Gasteiger partial charge in [0.05, 0.1) is 5.56 Å². The normalized spacial score (nSPS) is 13.2. The van der Waals surface area contributed by atoms with Crippen LogP contribution in [-0.4, -0.2) is 6.26 Å². The summed E-state index contributed by atoms with van der Waals surface area (Å²) in [6.45, 7) is 0. The fraction of sp³-hybridized carbons (Fsp3) is 0.250. The molecule has 1 unspecified atom stereocenters. The molecule has 0 heterocycles. The number of hydrogen-bond donors (Lipinski definition) is 1. The second kappa shape index (κ2) is 6.54. The maximum Gasteiger partial charge on any atom is 0.416 e. The van der Waals surface area contributed by atoms with Gasteiger partial charge in [0, 0.05) is 10.9 Å². The van der Waals surface area contributed by atoms with Crippen molar-refractivity contribution in [2.75, 3.05) is 6.26 Å². The van der Waals surface area contributed by atoms with Crippen molar-refractivity contribution in [3.8, 4) is 0 Å². The van der Waals surface area contributed by atoms with Crippen molar-refractivity contribution in [1.82, 2.24) is 0 Å². The lowest BCUT2D eigenvalue weighted by Crippen LogP contribution is -2.14. The van der Waals surface area contributed by atoms with Crippen LogP contribution in [0.4, 0.5) is 13.2 Å². The van der Waals surface area contributed by atoms with Crippen LogP contribution in [0.2, 0.25) is 0 Å². The minimum absolute atomic E-state index is 0.315. The molecule has 0 radical (unpaired) electrons. The molecule has 5 heteroatoms. The van der Waals surface area contributed by atoms with Crippen molar-refractivity contribution >= 4 is 11.8 Å². The van der Waals surface area contributed by atoms with Gasteiger partial charge in [-0.2, -0.15) is 13.2 Å². The standard InChI is InChI=1S/C16H16F3NS/c1-21-14-7-5-12(6-8-14)15(20)10-11-3-2-4-13(9-11)16(17,18)19/h2-9,15H,10,20H2,1H3. The van der Waals surface area contributed by atoms with E-state index in [0.717, 1.165) is 22.6 Å². The van der Waals surface area contributed by atoms with E-state index >= 15 is 0 Å². The van der Waals surface area contributed by atoms with E-state index in [0.29, 0.717) is 12.0 Å². The van der Waals surface area contributed by atoms with E-state index in [1.54, 1.807) is 17.8 Å². The zero-order chi connectivity index (χ0) is 15.5. The third-order valence-electron chi connectivity index (χ3n) is 3.25. The molecule has 0 saturated carbocycles. The van der Waals surface area contributed by atoms with Crippen LogP contribution in [0.1, 0.15) is 22.7 Å². The van der Waals surface area contributed by atoms with Crippen LogP contribution in [-0.2, 0) is 12.6 Å². The molecule has 1 atom stereocenters. The van der Waals surface area contributed by atoms with Crippen molar-refractivity contribution in [3.05, 3.63) is 65.2 Å². The molecule has 0 bridgehead atoms. The van der Waals surface area contributed by atoms with Gasteiger partial charge in [-0.05, 0) is 42.0 Å². The first-order chi connectivity index (χ1) is 9.90. The lowest BCUT2D eigenvalue weighted by molar-refractivity contribution is -0.137. The molecule has 2 aromatic carbocycles. The Bertz CT molecular complexity index is 593. The largest absolute Gasteiger partial charge is 0.416 e. The number of alkyl halides is 3. The zero-order valence-electron chi connectivity index (χ0n) is 11.5. The van der Waals surface area contributed by atoms with Gasteiger partial charge in [0.2, 0.25) is 0 Å². The molecule has 0 aliphatic carbocycles. The minimum atomic E-state index is -4.32. The molecule has 112 valence electrons. The number of benzene rings is 2. The van der Waals surface area contributed by atoms with E-state index in [4.69, 9.17) is 5.73 Å². The third-order valence-corrected chi connectivity index (χ3v) is 4.00. The van der Waals surface area contributed by atoms with E-state index in [2.05, 4.69) is 0 Å². The number of hydrogen-bond acceptors (Lipinski definition) is 2. The SMILES string of the molecule is CSc1ccc(C(N)Cc2cccc(C(F)(F)F)c2)cc1. The lowest BCUT2D eigenvalue weighted by atomic mass is 9.98. The molecule has 2 aromatic rings.